The van der Waals surface area contributed by atoms with E-state index < -0.39 is 0 Å². The Bertz CT molecular complexity index is 327. The first-order valence-electron chi connectivity index (χ1n) is 5.54. The number of piperidine rings is 1. The SMILES string of the molecule is Cc1nc(N(C)C)sc1C1CCNCC1. The molecule has 2 rings (SSSR count). The maximum atomic E-state index is 4.61. The number of rotatable bonds is 2. The molecule has 1 aliphatic heterocycles. The van der Waals surface area contributed by atoms with Gasteiger partial charge in [-0.15, -0.1) is 11.3 Å². The third-order valence-corrected chi connectivity index (χ3v) is 4.40. The molecule has 3 nitrogen and oxygen atoms in total. The van der Waals surface area contributed by atoms with E-state index in [2.05, 4.69) is 36.2 Å². The van der Waals surface area contributed by atoms with E-state index in [4.69, 9.17) is 0 Å². The average Bonchev–Trinajstić information content (AvgIpc) is 2.62. The second-order valence-electron chi connectivity index (χ2n) is 4.36. The van der Waals surface area contributed by atoms with Gasteiger partial charge in [0.2, 0.25) is 0 Å². The van der Waals surface area contributed by atoms with Crippen molar-refractivity contribution >= 4 is 16.5 Å². The van der Waals surface area contributed by atoms with Crippen LogP contribution in [0.2, 0.25) is 0 Å². The van der Waals surface area contributed by atoms with Crippen LogP contribution in [0.1, 0.15) is 29.3 Å². The lowest BCUT2D eigenvalue weighted by Gasteiger charge is -2.21. The van der Waals surface area contributed by atoms with Gasteiger partial charge in [0.15, 0.2) is 5.13 Å². The molecular weight excluding hydrogens is 206 g/mol. The van der Waals surface area contributed by atoms with Crippen molar-refractivity contribution in [2.75, 3.05) is 32.1 Å². The Morgan fingerprint density at radius 3 is 2.53 bits per heavy atom. The van der Waals surface area contributed by atoms with Crippen LogP contribution in [0.4, 0.5) is 5.13 Å². The van der Waals surface area contributed by atoms with Gasteiger partial charge in [0.05, 0.1) is 5.69 Å². The number of anilines is 1. The molecule has 1 aromatic rings. The lowest BCUT2D eigenvalue weighted by Crippen LogP contribution is -2.26. The summed E-state index contributed by atoms with van der Waals surface area (Å²) in [6, 6.07) is 0. The van der Waals surface area contributed by atoms with Crippen molar-refractivity contribution in [2.24, 2.45) is 0 Å². The Labute approximate surface area is 95.5 Å². The topological polar surface area (TPSA) is 28.2 Å². The van der Waals surface area contributed by atoms with Crippen LogP contribution in [0.3, 0.4) is 0 Å². The first-order chi connectivity index (χ1) is 7.18. The summed E-state index contributed by atoms with van der Waals surface area (Å²) in [6.45, 7) is 4.44. The van der Waals surface area contributed by atoms with Crippen LogP contribution < -0.4 is 10.2 Å². The zero-order valence-electron chi connectivity index (χ0n) is 9.71. The minimum atomic E-state index is 0.734. The average molecular weight is 225 g/mol. The normalized spacial score (nSPS) is 18.1. The molecule has 1 aliphatic rings. The van der Waals surface area contributed by atoms with Crippen LogP contribution in [0.25, 0.3) is 0 Å². The fourth-order valence-corrected chi connectivity index (χ4v) is 3.21. The van der Waals surface area contributed by atoms with Gasteiger partial charge in [0.25, 0.3) is 0 Å². The second-order valence-corrected chi connectivity index (χ2v) is 5.37. The highest BCUT2D eigenvalue weighted by atomic mass is 32.1. The van der Waals surface area contributed by atoms with Gasteiger partial charge in [-0.05, 0) is 38.8 Å². The molecule has 0 saturated carbocycles. The molecule has 0 radical (unpaired) electrons. The number of aromatic nitrogens is 1. The quantitative estimate of drug-likeness (QED) is 0.834. The van der Waals surface area contributed by atoms with E-state index in [0.717, 1.165) is 24.1 Å². The fourth-order valence-electron chi connectivity index (χ4n) is 2.05. The molecule has 4 heteroatoms. The Balaban J connectivity index is 2.19. The van der Waals surface area contributed by atoms with E-state index >= 15 is 0 Å². The summed E-state index contributed by atoms with van der Waals surface area (Å²) in [4.78, 5) is 8.21. The van der Waals surface area contributed by atoms with Crippen molar-refractivity contribution in [1.29, 1.82) is 0 Å². The largest absolute Gasteiger partial charge is 0.354 e. The molecule has 0 atom stereocenters. The Morgan fingerprint density at radius 1 is 1.33 bits per heavy atom. The Kier molecular flexibility index (Phi) is 3.26. The molecular formula is C11H19N3S. The first kappa shape index (κ1) is 10.9. The standard InChI is InChI=1S/C11H19N3S/c1-8-10(9-4-6-12-7-5-9)15-11(13-8)14(2)3/h9,12H,4-7H2,1-3H3. The van der Waals surface area contributed by atoms with Gasteiger partial charge >= 0.3 is 0 Å². The minimum absolute atomic E-state index is 0.734. The highest BCUT2D eigenvalue weighted by Gasteiger charge is 2.20. The third kappa shape index (κ3) is 2.32. The van der Waals surface area contributed by atoms with Crippen LogP contribution in [0.5, 0.6) is 0 Å². The van der Waals surface area contributed by atoms with Crippen molar-refractivity contribution in [3.63, 3.8) is 0 Å². The second kappa shape index (κ2) is 4.49. The highest BCUT2D eigenvalue weighted by molar-refractivity contribution is 7.15. The number of aryl methyl sites for hydroxylation is 1. The smallest absolute Gasteiger partial charge is 0.185 e. The van der Waals surface area contributed by atoms with E-state index in [-0.39, 0.29) is 0 Å². The summed E-state index contributed by atoms with van der Waals surface area (Å²) in [5.74, 6) is 0.734. The zero-order valence-corrected chi connectivity index (χ0v) is 10.5. The van der Waals surface area contributed by atoms with Crippen molar-refractivity contribution < 1.29 is 0 Å². The summed E-state index contributed by atoms with van der Waals surface area (Å²) in [5, 5.41) is 4.55. The van der Waals surface area contributed by atoms with Crippen molar-refractivity contribution in [1.82, 2.24) is 10.3 Å². The van der Waals surface area contributed by atoms with Crippen molar-refractivity contribution in [2.45, 2.75) is 25.7 Å². The lowest BCUT2D eigenvalue weighted by molar-refractivity contribution is 0.463. The van der Waals surface area contributed by atoms with Crippen LogP contribution >= 0.6 is 11.3 Å². The lowest BCUT2D eigenvalue weighted by atomic mass is 9.96. The van der Waals surface area contributed by atoms with E-state index in [1.165, 1.54) is 23.4 Å². The van der Waals surface area contributed by atoms with Gasteiger partial charge < -0.3 is 10.2 Å². The van der Waals surface area contributed by atoms with E-state index in [1.54, 1.807) is 0 Å². The number of nitrogens with one attached hydrogen (secondary N) is 1. The molecule has 1 N–H and O–H groups in total. The van der Waals surface area contributed by atoms with Gasteiger partial charge in [0.1, 0.15) is 0 Å². The summed E-state index contributed by atoms with van der Waals surface area (Å²) < 4.78 is 0. The van der Waals surface area contributed by atoms with Crippen molar-refractivity contribution in [3.05, 3.63) is 10.6 Å². The minimum Gasteiger partial charge on any atom is -0.354 e. The molecule has 2 heterocycles. The molecule has 0 spiro atoms. The van der Waals surface area contributed by atoms with Crippen LogP contribution in [0, 0.1) is 6.92 Å². The molecule has 84 valence electrons. The fraction of sp³-hybridized carbons (Fsp3) is 0.727. The molecule has 0 unspecified atom stereocenters. The van der Waals surface area contributed by atoms with Crippen LogP contribution in [-0.2, 0) is 0 Å². The Morgan fingerprint density at radius 2 is 2.00 bits per heavy atom. The zero-order chi connectivity index (χ0) is 10.8. The van der Waals surface area contributed by atoms with E-state index in [1.807, 2.05) is 11.3 Å². The summed E-state index contributed by atoms with van der Waals surface area (Å²) in [7, 11) is 4.12. The monoisotopic (exact) mass is 225 g/mol. The maximum absolute atomic E-state index is 4.61. The van der Waals surface area contributed by atoms with E-state index in [0.29, 0.717) is 0 Å². The van der Waals surface area contributed by atoms with Gasteiger partial charge in [-0.1, -0.05) is 0 Å². The molecule has 0 aliphatic carbocycles. The van der Waals surface area contributed by atoms with Crippen LogP contribution in [0.15, 0.2) is 0 Å². The first-order valence-corrected chi connectivity index (χ1v) is 6.35. The van der Waals surface area contributed by atoms with Crippen molar-refractivity contribution in [3.8, 4) is 0 Å². The van der Waals surface area contributed by atoms with Gasteiger partial charge in [-0.3, -0.25) is 0 Å². The summed E-state index contributed by atoms with van der Waals surface area (Å²) in [5.41, 5.74) is 1.23. The molecule has 1 saturated heterocycles. The molecule has 0 aromatic carbocycles. The van der Waals surface area contributed by atoms with Crippen LogP contribution in [-0.4, -0.2) is 32.2 Å². The molecule has 1 aromatic heterocycles. The highest BCUT2D eigenvalue weighted by Crippen LogP contribution is 2.35. The summed E-state index contributed by atoms with van der Waals surface area (Å²) in [6.07, 6.45) is 2.52. The number of thiazole rings is 1. The predicted octanol–water partition coefficient (Wildman–Crippen LogP) is 1.98. The van der Waals surface area contributed by atoms with Gasteiger partial charge in [-0.2, -0.15) is 0 Å². The molecule has 15 heavy (non-hydrogen) atoms. The molecule has 0 bridgehead atoms. The van der Waals surface area contributed by atoms with Gasteiger partial charge in [-0.25, -0.2) is 4.98 Å². The molecule has 1 fully saturated rings. The van der Waals surface area contributed by atoms with E-state index in [9.17, 15) is 0 Å². The van der Waals surface area contributed by atoms with Gasteiger partial charge in [0, 0.05) is 19.0 Å². The predicted molar refractivity (Wildman–Crippen MR) is 66.0 cm³/mol. The maximum Gasteiger partial charge on any atom is 0.185 e. The number of hydrogen-bond acceptors (Lipinski definition) is 4. The Hall–Kier alpha value is -0.610. The molecule has 0 amide bonds. The number of hydrogen-bond donors (Lipinski definition) is 1. The number of nitrogens with zero attached hydrogens (tertiary/aromatic N) is 2. The third-order valence-electron chi connectivity index (χ3n) is 2.91. The summed E-state index contributed by atoms with van der Waals surface area (Å²) >= 11 is 1.86.